The second kappa shape index (κ2) is 2.71. The van der Waals surface area contributed by atoms with Gasteiger partial charge in [0.25, 0.3) is 0 Å². The van der Waals surface area contributed by atoms with Crippen molar-refractivity contribution in [1.29, 1.82) is 0 Å². The Morgan fingerprint density at radius 3 is 1.75 bits per heavy atom. The molecule has 0 aliphatic carbocycles. The Kier molecular flexibility index (Phi) is 2.54. The molecule has 0 aromatic carbocycles. The lowest BCUT2D eigenvalue weighted by atomic mass is 10.8. The summed E-state index contributed by atoms with van der Waals surface area (Å²) < 4.78 is 1.67. The monoisotopic (exact) mass is 132 g/mol. The highest BCUT2D eigenvalue weighted by molar-refractivity contribution is 6.13. The van der Waals surface area contributed by atoms with Gasteiger partial charge in [0.05, 0.1) is 0 Å². The molecule has 3 nitrogen and oxygen atoms in total. The Labute approximate surface area is 52.8 Å². The molecule has 0 spiro atoms. The first-order valence-corrected chi connectivity index (χ1v) is 3.33. The number of nitrogens with zero attached hydrogens (tertiary/aromatic N) is 2. The molecule has 0 aromatic rings. The second-order valence-electron chi connectivity index (χ2n) is 2.07. The van der Waals surface area contributed by atoms with Gasteiger partial charge in [-0.3, -0.25) is 0 Å². The predicted molar refractivity (Wildman–Crippen MR) is 36.8 cm³/mol. The quantitative estimate of drug-likeness (QED) is 0.383. The molecule has 0 radical (unpaired) electrons. The average molecular weight is 132 g/mol. The number of carbonyl (C=O) groups excluding carboxylic acids is 1. The zero-order chi connectivity index (χ0) is 6.73. The third kappa shape index (κ3) is 1.97. The highest BCUT2D eigenvalue weighted by Crippen LogP contribution is 1.82. The Bertz CT molecular complexity index is 82.0. The van der Waals surface area contributed by atoms with Gasteiger partial charge in [0.1, 0.15) is 10.4 Å². The van der Waals surface area contributed by atoms with Crippen LogP contribution in [0.4, 0.5) is 4.79 Å². The van der Waals surface area contributed by atoms with Crippen molar-refractivity contribution in [2.24, 2.45) is 0 Å². The molecule has 0 saturated carbocycles. The van der Waals surface area contributed by atoms with Crippen LogP contribution in [0, 0.1) is 0 Å². The normalized spacial score (nSPS) is 8.88. The van der Waals surface area contributed by atoms with Crippen LogP contribution < -0.4 is 0 Å². The summed E-state index contributed by atoms with van der Waals surface area (Å²) in [4.78, 5) is 12.3. The van der Waals surface area contributed by atoms with E-state index in [1.54, 1.807) is 30.6 Å². The van der Waals surface area contributed by atoms with Crippen molar-refractivity contribution >= 4 is 16.4 Å². The van der Waals surface area contributed by atoms with Crippen LogP contribution in [0.1, 0.15) is 0 Å². The number of amides is 2. The molecule has 48 valence electrons. The van der Waals surface area contributed by atoms with Gasteiger partial charge in [0.2, 0.25) is 0 Å². The van der Waals surface area contributed by atoms with Gasteiger partial charge in [0, 0.05) is 21.1 Å². The topological polar surface area (TPSA) is 23.6 Å². The maximum Gasteiger partial charge on any atom is 0.310 e. The van der Waals surface area contributed by atoms with Crippen molar-refractivity contribution < 1.29 is 4.79 Å². The SMILES string of the molecule is CN(C)C(=O)N(C)[SiH3]. The summed E-state index contributed by atoms with van der Waals surface area (Å²) in [5.41, 5.74) is 0. The van der Waals surface area contributed by atoms with Crippen molar-refractivity contribution in [2.75, 3.05) is 21.1 Å². The summed E-state index contributed by atoms with van der Waals surface area (Å²) in [6.45, 7) is 0. The minimum atomic E-state index is 0.0802. The summed E-state index contributed by atoms with van der Waals surface area (Å²) in [7, 11) is 6.07. The summed E-state index contributed by atoms with van der Waals surface area (Å²) in [6, 6.07) is 0.0802. The van der Waals surface area contributed by atoms with Crippen LogP contribution >= 0.6 is 0 Å². The van der Waals surface area contributed by atoms with Crippen LogP contribution in [0.15, 0.2) is 0 Å². The number of hydrogen-bond acceptors (Lipinski definition) is 1. The van der Waals surface area contributed by atoms with Crippen LogP contribution in [0.5, 0.6) is 0 Å². The van der Waals surface area contributed by atoms with Gasteiger partial charge in [-0.1, -0.05) is 0 Å². The number of urea groups is 1. The largest absolute Gasteiger partial charge is 0.363 e. The van der Waals surface area contributed by atoms with Gasteiger partial charge in [-0.2, -0.15) is 0 Å². The van der Waals surface area contributed by atoms with Gasteiger partial charge >= 0.3 is 6.03 Å². The summed E-state index contributed by atoms with van der Waals surface area (Å²) in [5.74, 6) is 0. The fourth-order valence-corrected chi connectivity index (χ4v) is 0.800. The van der Waals surface area contributed by atoms with Crippen molar-refractivity contribution in [3.05, 3.63) is 0 Å². The number of rotatable bonds is 0. The Morgan fingerprint density at radius 2 is 1.75 bits per heavy atom. The zero-order valence-corrected chi connectivity index (χ0v) is 7.80. The number of hydrogen-bond donors (Lipinski definition) is 0. The number of carbonyl (C=O) groups is 1. The molecule has 0 atom stereocenters. The second-order valence-corrected chi connectivity index (χ2v) is 3.41. The molecule has 0 bridgehead atoms. The van der Waals surface area contributed by atoms with E-state index in [1.807, 2.05) is 0 Å². The van der Waals surface area contributed by atoms with Crippen molar-refractivity contribution in [3.63, 3.8) is 0 Å². The molecule has 0 saturated heterocycles. The maximum absolute atomic E-state index is 10.7. The van der Waals surface area contributed by atoms with E-state index < -0.39 is 0 Å². The first-order chi connectivity index (χ1) is 3.55. The third-order valence-corrected chi connectivity index (χ3v) is 1.15. The van der Waals surface area contributed by atoms with Gasteiger partial charge in [-0.25, -0.2) is 4.79 Å². The molecule has 0 fully saturated rings. The van der Waals surface area contributed by atoms with Crippen LogP contribution in [0.2, 0.25) is 0 Å². The third-order valence-electron chi connectivity index (χ3n) is 0.765. The molecule has 4 heteroatoms. The van der Waals surface area contributed by atoms with E-state index in [1.165, 1.54) is 0 Å². The van der Waals surface area contributed by atoms with Crippen molar-refractivity contribution in [3.8, 4) is 0 Å². The highest BCUT2D eigenvalue weighted by atomic mass is 28.2. The molecule has 0 unspecified atom stereocenters. The molecule has 0 rings (SSSR count). The summed E-state index contributed by atoms with van der Waals surface area (Å²) in [6.07, 6.45) is 0. The fraction of sp³-hybridized carbons (Fsp3) is 0.750. The molecule has 2 amide bonds. The Hall–Kier alpha value is -0.513. The van der Waals surface area contributed by atoms with E-state index >= 15 is 0 Å². The van der Waals surface area contributed by atoms with Gasteiger partial charge < -0.3 is 9.47 Å². The van der Waals surface area contributed by atoms with Gasteiger partial charge in [0.15, 0.2) is 0 Å². The van der Waals surface area contributed by atoms with E-state index in [0.717, 1.165) is 10.4 Å². The first kappa shape index (κ1) is 7.49. The minimum absolute atomic E-state index is 0.0802. The van der Waals surface area contributed by atoms with E-state index in [4.69, 9.17) is 0 Å². The molecule has 0 aliphatic rings. The molecule has 0 N–H and O–H groups in total. The van der Waals surface area contributed by atoms with Crippen LogP contribution in [0.25, 0.3) is 0 Å². The van der Waals surface area contributed by atoms with E-state index in [9.17, 15) is 4.79 Å². The molecule has 0 aliphatic heterocycles. The van der Waals surface area contributed by atoms with Crippen LogP contribution in [0.3, 0.4) is 0 Å². The lowest BCUT2D eigenvalue weighted by Crippen LogP contribution is -2.34. The Morgan fingerprint density at radius 1 is 1.38 bits per heavy atom. The summed E-state index contributed by atoms with van der Waals surface area (Å²) in [5, 5.41) is 0. The van der Waals surface area contributed by atoms with Crippen molar-refractivity contribution in [1.82, 2.24) is 9.47 Å². The van der Waals surface area contributed by atoms with Gasteiger partial charge in [-0.05, 0) is 0 Å². The van der Waals surface area contributed by atoms with Gasteiger partial charge in [-0.15, -0.1) is 0 Å². The Balaban J connectivity index is 3.65. The maximum atomic E-state index is 10.7. The molecular weight excluding hydrogens is 120 g/mol. The minimum Gasteiger partial charge on any atom is -0.363 e. The van der Waals surface area contributed by atoms with Crippen LogP contribution in [-0.4, -0.2) is 47.0 Å². The fourth-order valence-electron chi connectivity index (χ4n) is 0.400. The smallest absolute Gasteiger partial charge is 0.310 e. The predicted octanol–water partition coefficient (Wildman–Crippen LogP) is -1.12. The lowest BCUT2D eigenvalue weighted by molar-refractivity contribution is 0.204. The van der Waals surface area contributed by atoms with E-state index in [2.05, 4.69) is 0 Å². The van der Waals surface area contributed by atoms with Crippen LogP contribution in [-0.2, 0) is 0 Å². The van der Waals surface area contributed by atoms with E-state index in [-0.39, 0.29) is 6.03 Å². The van der Waals surface area contributed by atoms with E-state index in [0.29, 0.717) is 0 Å². The summed E-state index contributed by atoms with van der Waals surface area (Å²) >= 11 is 0. The van der Waals surface area contributed by atoms with Crippen molar-refractivity contribution in [2.45, 2.75) is 0 Å². The molecule has 0 aromatic heterocycles. The molecule has 8 heavy (non-hydrogen) atoms. The lowest BCUT2D eigenvalue weighted by Gasteiger charge is -2.16. The standard InChI is InChI=1S/C4H12N2OSi/c1-5(2)4(7)6(3)8/h1-3,8H3. The highest BCUT2D eigenvalue weighted by Gasteiger charge is 2.02. The first-order valence-electron chi connectivity index (χ1n) is 2.44. The average Bonchev–Trinajstić information content (AvgIpc) is 1.64. The molecule has 0 heterocycles. The molecular formula is C4H12N2OSi. The zero-order valence-electron chi connectivity index (χ0n) is 5.80.